The summed E-state index contributed by atoms with van der Waals surface area (Å²) in [6.07, 6.45) is 3.77. The molecular weight excluding hydrogens is 218 g/mol. The van der Waals surface area contributed by atoms with E-state index in [-0.39, 0.29) is 18.2 Å². The minimum absolute atomic E-state index is 0.0674. The largest absolute Gasteiger partial charge is 0.481 e. The maximum atomic E-state index is 12.0. The van der Waals surface area contributed by atoms with Crippen LogP contribution in [0.15, 0.2) is 0 Å². The Bertz CT molecular complexity index is 270. The number of nitrogens with one attached hydrogen (secondary N) is 1. The summed E-state index contributed by atoms with van der Waals surface area (Å²) in [4.78, 5) is 23.0. The minimum Gasteiger partial charge on any atom is -0.481 e. The van der Waals surface area contributed by atoms with Gasteiger partial charge in [0.2, 0.25) is 0 Å². The lowest BCUT2D eigenvalue weighted by molar-refractivity contribution is -0.144. The Balaban J connectivity index is 2.47. The fraction of sp³-hybridized carbons (Fsp3) is 0.846. The molecule has 2 atom stereocenters. The zero-order valence-electron chi connectivity index (χ0n) is 10.7. The molecule has 1 rings (SSSR count). The summed E-state index contributed by atoms with van der Waals surface area (Å²) < 4.78 is 0. The van der Waals surface area contributed by atoms with Gasteiger partial charge in [-0.1, -0.05) is 20.3 Å². The van der Waals surface area contributed by atoms with Gasteiger partial charge in [0.05, 0.1) is 12.0 Å². The summed E-state index contributed by atoms with van der Waals surface area (Å²) in [5, 5.41) is 12.3. The topological polar surface area (TPSA) is 66.4 Å². The Labute approximate surface area is 103 Å². The number of carboxylic acids is 1. The van der Waals surface area contributed by atoms with E-state index in [1.165, 1.54) is 0 Å². The van der Waals surface area contributed by atoms with Gasteiger partial charge >= 0.3 is 5.97 Å². The molecule has 1 fully saturated rings. The van der Waals surface area contributed by atoms with E-state index in [4.69, 9.17) is 5.11 Å². The van der Waals surface area contributed by atoms with Crippen LogP contribution in [0.2, 0.25) is 0 Å². The minimum atomic E-state index is -0.845. The lowest BCUT2D eigenvalue weighted by atomic mass is 9.89. The molecule has 0 aromatic rings. The fourth-order valence-corrected chi connectivity index (χ4v) is 2.35. The molecule has 98 valence electrons. The highest BCUT2D eigenvalue weighted by atomic mass is 16.4. The van der Waals surface area contributed by atoms with E-state index in [1.807, 2.05) is 13.8 Å². The van der Waals surface area contributed by atoms with Crippen LogP contribution in [0, 0.1) is 11.8 Å². The highest BCUT2D eigenvalue weighted by Gasteiger charge is 2.27. The molecule has 0 aliphatic carbocycles. The highest BCUT2D eigenvalue weighted by molar-refractivity contribution is 5.87. The van der Waals surface area contributed by atoms with Crippen LogP contribution in [-0.4, -0.2) is 29.4 Å². The maximum absolute atomic E-state index is 12.0. The SMILES string of the molecule is CC(C)C[C@H](CC(=O)C1CCCCN1)C(=O)O. The molecule has 0 bridgehead atoms. The van der Waals surface area contributed by atoms with Crippen LogP contribution in [0.4, 0.5) is 0 Å². The number of hydrogen-bond donors (Lipinski definition) is 2. The van der Waals surface area contributed by atoms with Gasteiger partial charge in [-0.05, 0) is 31.7 Å². The number of rotatable bonds is 6. The molecule has 1 aliphatic rings. The monoisotopic (exact) mass is 241 g/mol. The first-order valence-corrected chi connectivity index (χ1v) is 6.49. The molecule has 1 saturated heterocycles. The molecule has 17 heavy (non-hydrogen) atoms. The zero-order chi connectivity index (χ0) is 12.8. The molecular formula is C13H23NO3. The number of aliphatic carboxylic acids is 1. The average molecular weight is 241 g/mol. The number of Topliss-reactive ketones (excluding diaryl/α,β-unsaturated/α-hetero) is 1. The average Bonchev–Trinajstić information content (AvgIpc) is 2.28. The third kappa shape index (κ3) is 4.86. The van der Waals surface area contributed by atoms with Gasteiger partial charge in [-0.2, -0.15) is 0 Å². The van der Waals surface area contributed by atoms with Crippen LogP contribution in [0.3, 0.4) is 0 Å². The Morgan fingerprint density at radius 1 is 1.35 bits per heavy atom. The molecule has 0 radical (unpaired) electrons. The Morgan fingerprint density at radius 2 is 2.06 bits per heavy atom. The molecule has 4 nitrogen and oxygen atoms in total. The van der Waals surface area contributed by atoms with E-state index in [9.17, 15) is 9.59 Å². The zero-order valence-corrected chi connectivity index (χ0v) is 10.7. The summed E-state index contributed by atoms with van der Waals surface area (Å²) in [5.41, 5.74) is 0. The van der Waals surface area contributed by atoms with E-state index in [0.29, 0.717) is 12.3 Å². The third-order valence-corrected chi connectivity index (χ3v) is 3.25. The summed E-state index contributed by atoms with van der Waals surface area (Å²) in [6.45, 7) is 4.84. The van der Waals surface area contributed by atoms with Crippen LogP contribution in [0.25, 0.3) is 0 Å². The lowest BCUT2D eigenvalue weighted by Crippen LogP contribution is -2.41. The van der Waals surface area contributed by atoms with Crippen molar-refractivity contribution >= 4 is 11.8 Å². The van der Waals surface area contributed by atoms with Crippen LogP contribution in [-0.2, 0) is 9.59 Å². The van der Waals surface area contributed by atoms with E-state index < -0.39 is 11.9 Å². The van der Waals surface area contributed by atoms with Gasteiger partial charge in [0, 0.05) is 6.42 Å². The number of carboxylic acid groups (broad SMARTS) is 1. The van der Waals surface area contributed by atoms with Crippen molar-refractivity contribution in [1.82, 2.24) is 5.32 Å². The first-order chi connectivity index (χ1) is 8.00. The van der Waals surface area contributed by atoms with Crippen LogP contribution in [0.1, 0.15) is 46.0 Å². The van der Waals surface area contributed by atoms with Gasteiger partial charge in [0.1, 0.15) is 0 Å². The van der Waals surface area contributed by atoms with Crippen molar-refractivity contribution in [2.24, 2.45) is 11.8 Å². The van der Waals surface area contributed by atoms with Gasteiger partial charge < -0.3 is 10.4 Å². The van der Waals surface area contributed by atoms with Gasteiger partial charge in [-0.3, -0.25) is 9.59 Å². The Hall–Kier alpha value is -0.900. The second kappa shape index (κ2) is 6.74. The van der Waals surface area contributed by atoms with E-state index in [0.717, 1.165) is 25.8 Å². The smallest absolute Gasteiger partial charge is 0.306 e. The third-order valence-electron chi connectivity index (χ3n) is 3.25. The summed E-state index contributed by atoms with van der Waals surface area (Å²) in [7, 11) is 0. The van der Waals surface area contributed by atoms with Gasteiger partial charge in [-0.25, -0.2) is 0 Å². The van der Waals surface area contributed by atoms with Crippen LogP contribution < -0.4 is 5.32 Å². The normalized spacial score (nSPS) is 22.4. The van der Waals surface area contributed by atoms with E-state index in [1.54, 1.807) is 0 Å². The quantitative estimate of drug-likeness (QED) is 0.744. The maximum Gasteiger partial charge on any atom is 0.306 e. The van der Waals surface area contributed by atoms with Crippen molar-refractivity contribution in [2.75, 3.05) is 6.54 Å². The van der Waals surface area contributed by atoms with E-state index >= 15 is 0 Å². The molecule has 0 saturated carbocycles. The summed E-state index contributed by atoms with van der Waals surface area (Å²) in [5.74, 6) is -0.991. The number of carbonyl (C=O) groups excluding carboxylic acids is 1. The van der Waals surface area contributed by atoms with Crippen molar-refractivity contribution < 1.29 is 14.7 Å². The predicted molar refractivity (Wildman–Crippen MR) is 65.8 cm³/mol. The van der Waals surface area contributed by atoms with Crippen molar-refractivity contribution in [3.8, 4) is 0 Å². The standard InChI is InChI=1S/C13H23NO3/c1-9(2)7-10(13(16)17)8-12(15)11-5-3-4-6-14-11/h9-11,14H,3-8H2,1-2H3,(H,16,17)/t10-,11?/m1/s1. The molecule has 1 unspecified atom stereocenters. The molecule has 1 heterocycles. The van der Waals surface area contributed by atoms with Crippen LogP contribution >= 0.6 is 0 Å². The second-order valence-electron chi connectivity index (χ2n) is 5.34. The summed E-state index contributed by atoms with van der Waals surface area (Å²) >= 11 is 0. The molecule has 0 spiro atoms. The van der Waals surface area contributed by atoms with E-state index in [2.05, 4.69) is 5.32 Å². The number of carbonyl (C=O) groups is 2. The second-order valence-corrected chi connectivity index (χ2v) is 5.34. The van der Waals surface area contributed by atoms with Crippen LogP contribution in [0.5, 0.6) is 0 Å². The van der Waals surface area contributed by atoms with Gasteiger partial charge in [-0.15, -0.1) is 0 Å². The molecule has 2 N–H and O–H groups in total. The summed E-state index contributed by atoms with van der Waals surface area (Å²) in [6, 6.07) is -0.113. The number of hydrogen-bond acceptors (Lipinski definition) is 3. The first kappa shape index (κ1) is 14.2. The van der Waals surface area contributed by atoms with Crippen molar-refractivity contribution in [3.05, 3.63) is 0 Å². The van der Waals surface area contributed by atoms with Crippen molar-refractivity contribution in [2.45, 2.75) is 52.0 Å². The lowest BCUT2D eigenvalue weighted by Gasteiger charge is -2.23. The number of ketones is 1. The predicted octanol–water partition coefficient (Wildman–Crippen LogP) is 1.83. The number of piperidine rings is 1. The highest BCUT2D eigenvalue weighted by Crippen LogP contribution is 2.19. The van der Waals surface area contributed by atoms with Crippen molar-refractivity contribution in [3.63, 3.8) is 0 Å². The Morgan fingerprint density at radius 3 is 2.53 bits per heavy atom. The Kier molecular flexibility index (Phi) is 5.62. The first-order valence-electron chi connectivity index (χ1n) is 6.49. The van der Waals surface area contributed by atoms with Gasteiger partial charge in [0.15, 0.2) is 5.78 Å². The molecule has 0 amide bonds. The molecule has 4 heteroatoms. The molecule has 0 aromatic heterocycles. The fourth-order valence-electron chi connectivity index (χ4n) is 2.35. The molecule has 0 aromatic carbocycles. The van der Waals surface area contributed by atoms with Crippen molar-refractivity contribution in [1.29, 1.82) is 0 Å². The van der Waals surface area contributed by atoms with Gasteiger partial charge in [0.25, 0.3) is 0 Å². The molecule has 1 aliphatic heterocycles.